The number of halogens is 1. The number of carbonyl (C=O) groups excluding carboxylic acids is 2. The van der Waals surface area contributed by atoms with E-state index in [1.807, 2.05) is 48.5 Å². The first-order chi connectivity index (χ1) is 11.0. The first kappa shape index (κ1) is 15.6. The van der Waals surface area contributed by atoms with E-state index in [0.29, 0.717) is 5.02 Å². The first-order valence-corrected chi connectivity index (χ1v) is 8.06. The summed E-state index contributed by atoms with van der Waals surface area (Å²) in [6, 6.07) is 15.0. The lowest BCUT2D eigenvalue weighted by Gasteiger charge is -2.03. The molecule has 0 bridgehead atoms. The number of likely N-dealkylation sites (N-methyl/N-ethyl adjacent to an activating group) is 1. The Bertz CT molecular complexity index is 785. The quantitative estimate of drug-likeness (QED) is 0.676. The number of rotatable bonds is 3. The van der Waals surface area contributed by atoms with Crippen LogP contribution in [0.15, 0.2) is 64.0 Å². The van der Waals surface area contributed by atoms with Crippen LogP contribution >= 0.6 is 23.4 Å². The lowest BCUT2D eigenvalue weighted by molar-refractivity contribution is -0.121. The molecule has 0 unspecified atom stereocenters. The van der Waals surface area contributed by atoms with Crippen molar-refractivity contribution < 1.29 is 9.59 Å². The Hall–Kier alpha value is -2.24. The second-order valence-corrected chi connectivity index (χ2v) is 6.56. The molecule has 1 N–H and O–H groups in total. The van der Waals surface area contributed by atoms with Crippen LogP contribution in [0.3, 0.4) is 0 Å². The van der Waals surface area contributed by atoms with Crippen molar-refractivity contribution in [2.45, 2.75) is 9.79 Å². The second kappa shape index (κ2) is 6.48. The molecule has 0 aliphatic carbocycles. The number of hydrogen-bond donors (Lipinski definition) is 1. The summed E-state index contributed by atoms with van der Waals surface area (Å²) >= 11 is 7.50. The van der Waals surface area contributed by atoms with Crippen molar-refractivity contribution in [2.24, 2.45) is 0 Å². The zero-order valence-electron chi connectivity index (χ0n) is 12.2. The molecule has 0 aromatic heterocycles. The standard InChI is InChI=1S/C17H13ClN2O2S/c1-20-16(21)15(19-17(20)22)10-11-2-6-13(7-3-11)23-14-8-4-12(18)5-9-14/h2-10H,1H3,(H,19,22)/b15-10+. The van der Waals surface area contributed by atoms with Crippen LogP contribution in [0.4, 0.5) is 4.79 Å². The Morgan fingerprint density at radius 1 is 1.00 bits per heavy atom. The highest BCUT2D eigenvalue weighted by molar-refractivity contribution is 7.99. The van der Waals surface area contributed by atoms with Crippen molar-refractivity contribution in [3.63, 3.8) is 0 Å². The average Bonchev–Trinajstić information content (AvgIpc) is 2.79. The summed E-state index contributed by atoms with van der Waals surface area (Å²) in [6.45, 7) is 0. The minimum atomic E-state index is -0.406. The molecular formula is C17H13ClN2O2S. The molecule has 0 atom stereocenters. The van der Waals surface area contributed by atoms with Gasteiger partial charge in [-0.05, 0) is 48.0 Å². The second-order valence-electron chi connectivity index (χ2n) is 4.98. The fourth-order valence-electron chi connectivity index (χ4n) is 2.06. The molecule has 1 aliphatic rings. The van der Waals surface area contributed by atoms with Crippen LogP contribution in [0, 0.1) is 0 Å². The molecule has 2 aromatic rings. The largest absolute Gasteiger partial charge is 0.328 e. The molecule has 0 saturated carbocycles. The van der Waals surface area contributed by atoms with Gasteiger partial charge in [-0.15, -0.1) is 0 Å². The van der Waals surface area contributed by atoms with Gasteiger partial charge < -0.3 is 5.32 Å². The Kier molecular flexibility index (Phi) is 4.41. The van der Waals surface area contributed by atoms with Gasteiger partial charge in [0.2, 0.25) is 0 Å². The molecule has 0 radical (unpaired) electrons. The van der Waals surface area contributed by atoms with Crippen molar-refractivity contribution in [3.05, 3.63) is 64.8 Å². The summed E-state index contributed by atoms with van der Waals surface area (Å²) in [4.78, 5) is 26.4. The van der Waals surface area contributed by atoms with E-state index in [2.05, 4.69) is 5.32 Å². The molecule has 3 rings (SSSR count). The van der Waals surface area contributed by atoms with Gasteiger partial charge >= 0.3 is 6.03 Å². The Morgan fingerprint density at radius 3 is 2.09 bits per heavy atom. The van der Waals surface area contributed by atoms with Gasteiger partial charge in [0.05, 0.1) is 0 Å². The topological polar surface area (TPSA) is 49.4 Å². The molecule has 23 heavy (non-hydrogen) atoms. The van der Waals surface area contributed by atoms with E-state index in [-0.39, 0.29) is 11.6 Å². The summed E-state index contributed by atoms with van der Waals surface area (Å²) in [7, 11) is 1.45. The van der Waals surface area contributed by atoms with E-state index >= 15 is 0 Å². The minimum Gasteiger partial charge on any atom is -0.303 e. The summed E-state index contributed by atoms with van der Waals surface area (Å²) < 4.78 is 0. The van der Waals surface area contributed by atoms with E-state index in [0.717, 1.165) is 20.3 Å². The number of imide groups is 1. The summed E-state index contributed by atoms with van der Waals surface area (Å²) in [5.41, 5.74) is 1.14. The van der Waals surface area contributed by atoms with Crippen molar-refractivity contribution in [1.82, 2.24) is 10.2 Å². The first-order valence-electron chi connectivity index (χ1n) is 6.87. The van der Waals surface area contributed by atoms with Gasteiger partial charge in [0.1, 0.15) is 5.70 Å². The van der Waals surface area contributed by atoms with Gasteiger partial charge in [0.25, 0.3) is 5.91 Å². The average molecular weight is 345 g/mol. The molecule has 3 amide bonds. The molecule has 1 heterocycles. The lowest BCUT2D eigenvalue weighted by atomic mass is 10.2. The number of nitrogens with one attached hydrogen (secondary N) is 1. The van der Waals surface area contributed by atoms with Crippen LogP contribution in [-0.2, 0) is 4.79 Å². The SMILES string of the molecule is CN1C(=O)N/C(=C/c2ccc(Sc3ccc(Cl)cc3)cc2)C1=O. The van der Waals surface area contributed by atoms with Gasteiger partial charge in [-0.2, -0.15) is 0 Å². The zero-order chi connectivity index (χ0) is 16.4. The van der Waals surface area contributed by atoms with Gasteiger partial charge in [-0.25, -0.2) is 4.79 Å². The van der Waals surface area contributed by atoms with Gasteiger partial charge in [0, 0.05) is 21.9 Å². The third kappa shape index (κ3) is 3.57. The van der Waals surface area contributed by atoms with Crippen LogP contribution < -0.4 is 5.32 Å². The third-order valence-electron chi connectivity index (χ3n) is 3.32. The fourth-order valence-corrected chi connectivity index (χ4v) is 3.00. The Morgan fingerprint density at radius 2 is 1.57 bits per heavy atom. The maximum absolute atomic E-state index is 11.8. The van der Waals surface area contributed by atoms with Crippen LogP contribution in [-0.4, -0.2) is 23.9 Å². The van der Waals surface area contributed by atoms with Crippen molar-refractivity contribution >= 4 is 41.4 Å². The number of benzene rings is 2. The molecule has 1 saturated heterocycles. The molecule has 2 aromatic carbocycles. The van der Waals surface area contributed by atoms with Crippen LogP contribution in [0.1, 0.15) is 5.56 Å². The summed E-state index contributed by atoms with van der Waals surface area (Å²) in [5.74, 6) is -0.324. The van der Waals surface area contributed by atoms with Crippen molar-refractivity contribution in [1.29, 1.82) is 0 Å². The number of urea groups is 1. The van der Waals surface area contributed by atoms with Crippen molar-refractivity contribution in [2.75, 3.05) is 7.05 Å². The highest BCUT2D eigenvalue weighted by Gasteiger charge is 2.29. The van der Waals surface area contributed by atoms with Crippen LogP contribution in [0.5, 0.6) is 0 Å². The van der Waals surface area contributed by atoms with E-state index in [9.17, 15) is 9.59 Å². The van der Waals surface area contributed by atoms with Crippen LogP contribution in [0.2, 0.25) is 5.02 Å². The fraction of sp³-hybridized carbons (Fsp3) is 0.0588. The van der Waals surface area contributed by atoms with E-state index in [1.54, 1.807) is 17.8 Å². The monoisotopic (exact) mass is 344 g/mol. The summed E-state index contributed by atoms with van der Waals surface area (Å²) in [5, 5.41) is 3.26. The highest BCUT2D eigenvalue weighted by atomic mass is 35.5. The molecule has 116 valence electrons. The molecular weight excluding hydrogens is 332 g/mol. The predicted octanol–water partition coefficient (Wildman–Crippen LogP) is 4.01. The normalized spacial score (nSPS) is 16.1. The molecule has 6 heteroatoms. The maximum atomic E-state index is 11.8. The van der Waals surface area contributed by atoms with Gasteiger partial charge in [0.15, 0.2) is 0 Å². The number of amides is 3. The number of hydrogen-bond acceptors (Lipinski definition) is 3. The lowest BCUT2D eigenvalue weighted by Crippen LogP contribution is -2.25. The zero-order valence-corrected chi connectivity index (χ0v) is 13.8. The maximum Gasteiger partial charge on any atom is 0.328 e. The highest BCUT2D eigenvalue weighted by Crippen LogP contribution is 2.29. The Labute approximate surface area is 143 Å². The Balaban J connectivity index is 1.74. The van der Waals surface area contributed by atoms with Crippen molar-refractivity contribution in [3.8, 4) is 0 Å². The number of carbonyl (C=O) groups is 2. The summed E-state index contributed by atoms with van der Waals surface area (Å²) in [6.07, 6.45) is 1.67. The predicted molar refractivity (Wildman–Crippen MR) is 91.3 cm³/mol. The minimum absolute atomic E-state index is 0.288. The van der Waals surface area contributed by atoms with E-state index in [1.165, 1.54) is 7.05 Å². The van der Waals surface area contributed by atoms with E-state index in [4.69, 9.17) is 11.6 Å². The molecule has 4 nitrogen and oxygen atoms in total. The molecule has 0 spiro atoms. The third-order valence-corrected chi connectivity index (χ3v) is 4.59. The van der Waals surface area contributed by atoms with Crippen LogP contribution in [0.25, 0.3) is 6.08 Å². The van der Waals surface area contributed by atoms with Gasteiger partial charge in [-0.1, -0.05) is 35.5 Å². The number of nitrogens with zero attached hydrogens (tertiary/aromatic N) is 1. The molecule has 1 aliphatic heterocycles. The smallest absolute Gasteiger partial charge is 0.303 e. The van der Waals surface area contributed by atoms with E-state index < -0.39 is 6.03 Å². The van der Waals surface area contributed by atoms with Gasteiger partial charge in [-0.3, -0.25) is 9.69 Å². The molecule has 1 fully saturated rings.